The van der Waals surface area contributed by atoms with Crippen LogP contribution in [0, 0.1) is 0 Å². The molecule has 2 aromatic rings. The van der Waals surface area contributed by atoms with E-state index >= 15 is 0 Å². The van der Waals surface area contributed by atoms with Crippen molar-refractivity contribution in [3.63, 3.8) is 0 Å². The van der Waals surface area contributed by atoms with Gasteiger partial charge in [0.05, 0.1) is 11.0 Å². The third-order valence-electron chi connectivity index (χ3n) is 2.78. The van der Waals surface area contributed by atoms with Crippen molar-refractivity contribution < 1.29 is 4.79 Å². The first-order chi connectivity index (χ1) is 9.17. The monoisotopic (exact) mass is 253 g/mol. The Balaban J connectivity index is 2.50. The fraction of sp³-hybridized carbons (Fsp3) is 0.0667. The van der Waals surface area contributed by atoms with Gasteiger partial charge in [0.25, 0.3) is 0 Å². The molecule has 1 aromatic heterocycles. The van der Waals surface area contributed by atoms with Crippen molar-refractivity contribution in [2.45, 2.75) is 6.92 Å². The van der Waals surface area contributed by atoms with E-state index in [1.54, 1.807) is 24.3 Å². The number of carbonyl (C=O) groups excluding carboxylic acids is 1. The predicted octanol–water partition coefficient (Wildman–Crippen LogP) is 2.81. The largest absolute Gasteiger partial charge is 0.399 e. The Morgan fingerprint density at radius 3 is 2.89 bits per heavy atom. The number of nitrogens with zero attached hydrogens (tertiary/aromatic N) is 1. The molecule has 0 atom stereocenters. The van der Waals surface area contributed by atoms with Gasteiger partial charge in [0, 0.05) is 16.8 Å². The zero-order valence-electron chi connectivity index (χ0n) is 10.7. The zero-order chi connectivity index (χ0) is 13.8. The maximum atomic E-state index is 10.7. The lowest BCUT2D eigenvalue weighted by Crippen LogP contribution is -1.94. The molecular formula is C15H15N3O. The van der Waals surface area contributed by atoms with Gasteiger partial charge in [-0.1, -0.05) is 12.7 Å². The molecule has 4 heteroatoms. The second kappa shape index (κ2) is 5.35. The van der Waals surface area contributed by atoms with Gasteiger partial charge in [-0.25, -0.2) is 4.98 Å². The van der Waals surface area contributed by atoms with Crippen molar-refractivity contribution in [1.82, 2.24) is 9.97 Å². The summed E-state index contributed by atoms with van der Waals surface area (Å²) in [5.41, 5.74) is 9.44. The van der Waals surface area contributed by atoms with Gasteiger partial charge in [-0.2, -0.15) is 0 Å². The molecule has 0 spiro atoms. The zero-order valence-corrected chi connectivity index (χ0v) is 10.7. The number of hydrogen-bond acceptors (Lipinski definition) is 3. The molecule has 0 aliphatic rings. The summed E-state index contributed by atoms with van der Waals surface area (Å²) < 4.78 is 0. The van der Waals surface area contributed by atoms with E-state index in [1.807, 2.05) is 19.1 Å². The highest BCUT2D eigenvalue weighted by Gasteiger charge is 2.06. The molecule has 96 valence electrons. The number of carbonyl (C=O) groups is 1. The van der Waals surface area contributed by atoms with Crippen molar-refractivity contribution in [1.29, 1.82) is 0 Å². The highest BCUT2D eigenvalue weighted by Crippen LogP contribution is 2.19. The summed E-state index contributed by atoms with van der Waals surface area (Å²) in [6.07, 6.45) is 6.10. The summed E-state index contributed by atoms with van der Waals surface area (Å²) in [5, 5.41) is 0. The molecule has 0 bridgehead atoms. The Bertz CT molecular complexity index is 692. The Labute approximate surface area is 111 Å². The number of rotatable bonds is 4. The lowest BCUT2D eigenvalue weighted by atomic mass is 10.2. The van der Waals surface area contributed by atoms with Gasteiger partial charge in [-0.15, -0.1) is 0 Å². The molecule has 0 unspecified atom stereocenters. The van der Waals surface area contributed by atoms with Crippen LogP contribution in [0.3, 0.4) is 0 Å². The maximum Gasteiger partial charge on any atom is 0.150 e. The number of nitrogens with one attached hydrogen (secondary N) is 1. The number of H-pyrrole nitrogens is 1. The van der Waals surface area contributed by atoms with E-state index in [0.29, 0.717) is 17.1 Å². The molecule has 1 heterocycles. The fourth-order valence-corrected chi connectivity index (χ4v) is 1.76. The van der Waals surface area contributed by atoms with Crippen molar-refractivity contribution in [2.75, 3.05) is 0 Å². The van der Waals surface area contributed by atoms with Crippen LogP contribution < -0.4 is 5.73 Å². The highest BCUT2D eigenvalue weighted by molar-refractivity contribution is 5.87. The lowest BCUT2D eigenvalue weighted by Gasteiger charge is -1.97. The number of aromatic nitrogens is 2. The molecule has 0 saturated carbocycles. The molecule has 19 heavy (non-hydrogen) atoms. The van der Waals surface area contributed by atoms with Crippen LogP contribution in [0.5, 0.6) is 0 Å². The number of benzene rings is 1. The third-order valence-corrected chi connectivity index (χ3v) is 2.78. The van der Waals surface area contributed by atoms with Crippen molar-refractivity contribution in [2.24, 2.45) is 5.73 Å². The molecule has 4 nitrogen and oxygen atoms in total. The van der Waals surface area contributed by atoms with Crippen LogP contribution in [0.25, 0.3) is 16.6 Å². The minimum absolute atomic E-state index is 0.571. The van der Waals surface area contributed by atoms with E-state index in [4.69, 9.17) is 5.73 Å². The first kappa shape index (κ1) is 12.8. The van der Waals surface area contributed by atoms with Crippen molar-refractivity contribution in [3.05, 3.63) is 60.1 Å². The molecule has 3 N–H and O–H groups in total. The second-order valence-electron chi connectivity index (χ2n) is 4.07. The number of nitrogens with two attached hydrogens (primary N) is 1. The molecular weight excluding hydrogens is 238 g/mol. The minimum Gasteiger partial charge on any atom is -0.399 e. The van der Waals surface area contributed by atoms with E-state index in [9.17, 15) is 4.79 Å². The van der Waals surface area contributed by atoms with Gasteiger partial charge < -0.3 is 10.7 Å². The van der Waals surface area contributed by atoms with E-state index < -0.39 is 0 Å². The molecule has 0 saturated heterocycles. The molecule has 0 aliphatic carbocycles. The van der Waals surface area contributed by atoms with Crippen LogP contribution in [-0.4, -0.2) is 16.3 Å². The number of aromatic amines is 1. The summed E-state index contributed by atoms with van der Waals surface area (Å²) >= 11 is 0. The van der Waals surface area contributed by atoms with Gasteiger partial charge in [0.1, 0.15) is 12.1 Å². The fourth-order valence-electron chi connectivity index (χ4n) is 1.76. The van der Waals surface area contributed by atoms with E-state index in [2.05, 4.69) is 16.5 Å². The number of imidazole rings is 1. The van der Waals surface area contributed by atoms with Gasteiger partial charge in [-0.05, 0) is 37.3 Å². The molecule has 0 radical (unpaired) electrons. The number of allylic oxidation sites excluding steroid dienone is 4. The molecule has 0 aliphatic heterocycles. The van der Waals surface area contributed by atoms with E-state index in [-0.39, 0.29) is 0 Å². The van der Waals surface area contributed by atoms with Crippen LogP contribution in [0.15, 0.2) is 48.7 Å². The quantitative estimate of drug-likeness (QED) is 0.650. The van der Waals surface area contributed by atoms with Crippen LogP contribution in [0.2, 0.25) is 0 Å². The van der Waals surface area contributed by atoms with Crippen LogP contribution in [0.4, 0.5) is 0 Å². The lowest BCUT2D eigenvalue weighted by molar-refractivity contribution is 0.112. The van der Waals surface area contributed by atoms with E-state index in [1.165, 1.54) is 0 Å². The minimum atomic E-state index is 0.571. The Kier molecular flexibility index (Phi) is 3.61. The third kappa shape index (κ3) is 2.63. The van der Waals surface area contributed by atoms with Gasteiger partial charge in [0.2, 0.25) is 0 Å². The standard InChI is InChI=1S/C15H15N3O/c1-3-11(8-12(16)4-2)15-17-13-6-5-10(9-19)7-14(13)18-15/h3-9H,2,16H2,1H3,(H,17,18)/b11-3+,12-8+. The van der Waals surface area contributed by atoms with Crippen LogP contribution >= 0.6 is 0 Å². The van der Waals surface area contributed by atoms with Gasteiger partial charge >= 0.3 is 0 Å². The van der Waals surface area contributed by atoms with Gasteiger partial charge in [-0.3, -0.25) is 4.79 Å². The van der Waals surface area contributed by atoms with Crippen LogP contribution in [-0.2, 0) is 0 Å². The Morgan fingerprint density at radius 1 is 1.47 bits per heavy atom. The second-order valence-corrected chi connectivity index (χ2v) is 4.07. The summed E-state index contributed by atoms with van der Waals surface area (Å²) in [5.74, 6) is 0.713. The van der Waals surface area contributed by atoms with Crippen molar-refractivity contribution in [3.8, 4) is 0 Å². The number of hydrogen-bond donors (Lipinski definition) is 2. The number of fused-ring (bicyclic) bond motifs is 1. The Hall–Kier alpha value is -2.62. The molecule has 0 amide bonds. The molecule has 0 fully saturated rings. The molecule has 2 rings (SSSR count). The normalized spacial score (nSPS) is 12.7. The highest BCUT2D eigenvalue weighted by atomic mass is 16.1. The molecule has 1 aromatic carbocycles. The van der Waals surface area contributed by atoms with E-state index in [0.717, 1.165) is 22.9 Å². The van der Waals surface area contributed by atoms with Crippen molar-refractivity contribution >= 4 is 22.9 Å². The average Bonchev–Trinajstić information content (AvgIpc) is 2.86. The SMILES string of the molecule is C=C/C(N)=C\C(=C/C)c1nc2ccc(C=O)cc2[nH]1. The summed E-state index contributed by atoms with van der Waals surface area (Å²) in [7, 11) is 0. The summed E-state index contributed by atoms with van der Waals surface area (Å²) in [4.78, 5) is 18.4. The average molecular weight is 253 g/mol. The maximum absolute atomic E-state index is 10.7. The number of aldehydes is 1. The smallest absolute Gasteiger partial charge is 0.150 e. The summed E-state index contributed by atoms with van der Waals surface area (Å²) in [6, 6.07) is 5.32. The first-order valence-corrected chi connectivity index (χ1v) is 5.89. The summed E-state index contributed by atoms with van der Waals surface area (Å²) in [6.45, 7) is 5.53. The topological polar surface area (TPSA) is 71.8 Å². The Morgan fingerprint density at radius 2 is 2.26 bits per heavy atom. The predicted molar refractivity (Wildman–Crippen MR) is 77.6 cm³/mol. The van der Waals surface area contributed by atoms with Gasteiger partial charge in [0.15, 0.2) is 0 Å². The first-order valence-electron chi connectivity index (χ1n) is 5.89. The van der Waals surface area contributed by atoms with Crippen LogP contribution in [0.1, 0.15) is 23.1 Å².